The van der Waals surface area contributed by atoms with Gasteiger partial charge in [-0.1, -0.05) is 20.3 Å². The van der Waals surface area contributed by atoms with Gasteiger partial charge in [-0.2, -0.15) is 4.98 Å². The van der Waals surface area contributed by atoms with Crippen LogP contribution in [0.5, 0.6) is 0 Å². The Kier molecular flexibility index (Phi) is 8.99. The maximum Gasteiger partial charge on any atom is 0.407 e. The standard InChI is InChI=1S/C20H32N4O8/c1-4-5-8-30-19(28)22-10-12(2)9-15(26)32-16-13(11-25)31-17(20(16,3)29)24-7-6-14(21)23-18(24)27/h6-7,12-13,16-17,25,29H,4-5,8-11H2,1-3H3,(H,22,28)(H2,21,23,27). The number of nitrogen functional groups attached to an aromatic ring is 1. The highest BCUT2D eigenvalue weighted by Crippen LogP contribution is 2.39. The van der Waals surface area contributed by atoms with E-state index in [1.54, 1.807) is 6.92 Å². The average Bonchev–Trinajstić information content (AvgIpc) is 2.96. The van der Waals surface area contributed by atoms with Gasteiger partial charge in [0, 0.05) is 19.2 Å². The zero-order valence-electron chi connectivity index (χ0n) is 18.5. The van der Waals surface area contributed by atoms with Gasteiger partial charge in [-0.05, 0) is 25.3 Å². The third-order valence-electron chi connectivity index (χ3n) is 5.10. The molecule has 1 aromatic heterocycles. The van der Waals surface area contributed by atoms with Gasteiger partial charge in [0.1, 0.15) is 17.5 Å². The van der Waals surface area contributed by atoms with E-state index in [1.807, 2.05) is 6.92 Å². The number of unbranched alkanes of at least 4 members (excludes halogenated alkanes) is 1. The highest BCUT2D eigenvalue weighted by Gasteiger charge is 2.56. The van der Waals surface area contributed by atoms with E-state index in [2.05, 4.69) is 10.3 Å². The molecule has 180 valence electrons. The molecule has 1 aliphatic heterocycles. The summed E-state index contributed by atoms with van der Waals surface area (Å²) < 4.78 is 17.0. The number of nitrogens with one attached hydrogen (secondary N) is 1. The smallest absolute Gasteiger partial charge is 0.407 e. The Hall–Kier alpha value is -2.70. The highest BCUT2D eigenvalue weighted by molar-refractivity contribution is 5.70. The second kappa shape index (κ2) is 11.2. The molecular weight excluding hydrogens is 424 g/mol. The Morgan fingerprint density at radius 2 is 2.19 bits per heavy atom. The molecule has 5 atom stereocenters. The average molecular weight is 456 g/mol. The summed E-state index contributed by atoms with van der Waals surface area (Å²) in [6.45, 7) is 5.02. The van der Waals surface area contributed by atoms with Crippen LogP contribution in [0.3, 0.4) is 0 Å². The molecule has 5 unspecified atom stereocenters. The van der Waals surface area contributed by atoms with Crippen molar-refractivity contribution in [2.75, 3.05) is 25.5 Å². The number of aliphatic hydroxyl groups excluding tert-OH is 1. The maximum absolute atomic E-state index is 12.5. The molecule has 0 aliphatic carbocycles. The number of rotatable bonds is 10. The predicted molar refractivity (Wildman–Crippen MR) is 112 cm³/mol. The first-order valence-electron chi connectivity index (χ1n) is 10.5. The van der Waals surface area contributed by atoms with E-state index < -0.39 is 48.4 Å². The van der Waals surface area contributed by atoms with Gasteiger partial charge in [-0.25, -0.2) is 9.59 Å². The van der Waals surface area contributed by atoms with Crippen molar-refractivity contribution in [1.82, 2.24) is 14.9 Å². The first kappa shape index (κ1) is 25.6. The van der Waals surface area contributed by atoms with Gasteiger partial charge in [-0.15, -0.1) is 0 Å². The Bertz CT molecular complexity index is 843. The van der Waals surface area contributed by atoms with Crippen molar-refractivity contribution in [1.29, 1.82) is 0 Å². The molecule has 0 aromatic carbocycles. The van der Waals surface area contributed by atoms with Crippen LogP contribution in [-0.2, 0) is 19.0 Å². The number of aliphatic hydroxyl groups is 2. The second-order valence-electron chi connectivity index (χ2n) is 8.07. The molecule has 0 bridgehead atoms. The first-order chi connectivity index (χ1) is 15.1. The number of ether oxygens (including phenoxy) is 3. The Morgan fingerprint density at radius 3 is 2.81 bits per heavy atom. The lowest BCUT2D eigenvalue weighted by Gasteiger charge is -2.30. The fourth-order valence-electron chi connectivity index (χ4n) is 3.34. The van der Waals surface area contributed by atoms with Crippen LogP contribution >= 0.6 is 0 Å². The molecule has 1 aromatic rings. The summed E-state index contributed by atoms with van der Waals surface area (Å²) in [6, 6.07) is 1.36. The number of alkyl carbamates (subject to hydrolysis) is 1. The molecule has 0 saturated carbocycles. The van der Waals surface area contributed by atoms with Crippen LogP contribution in [0.2, 0.25) is 0 Å². The fourth-order valence-corrected chi connectivity index (χ4v) is 3.34. The molecule has 0 spiro atoms. The van der Waals surface area contributed by atoms with Crippen molar-refractivity contribution >= 4 is 17.9 Å². The quantitative estimate of drug-likeness (QED) is 0.275. The molecule has 1 aliphatic rings. The first-order valence-corrected chi connectivity index (χ1v) is 10.5. The summed E-state index contributed by atoms with van der Waals surface area (Å²) in [7, 11) is 0. The zero-order valence-corrected chi connectivity index (χ0v) is 18.5. The van der Waals surface area contributed by atoms with Crippen LogP contribution < -0.4 is 16.7 Å². The van der Waals surface area contributed by atoms with E-state index in [9.17, 15) is 24.6 Å². The monoisotopic (exact) mass is 456 g/mol. The molecule has 12 heteroatoms. The van der Waals surface area contributed by atoms with Crippen LogP contribution in [-0.4, -0.2) is 69.4 Å². The summed E-state index contributed by atoms with van der Waals surface area (Å²) in [5.41, 5.74) is 2.89. The molecule has 1 saturated heterocycles. The van der Waals surface area contributed by atoms with Gasteiger partial charge >= 0.3 is 17.8 Å². The largest absolute Gasteiger partial charge is 0.456 e. The molecule has 1 fully saturated rings. The van der Waals surface area contributed by atoms with Crippen molar-refractivity contribution < 1.29 is 34.0 Å². The number of aromatic nitrogens is 2. The van der Waals surface area contributed by atoms with Crippen LogP contribution in [0.4, 0.5) is 10.6 Å². The number of carbonyl (C=O) groups excluding carboxylic acids is 2. The van der Waals surface area contributed by atoms with Crippen molar-refractivity contribution in [2.24, 2.45) is 5.92 Å². The van der Waals surface area contributed by atoms with Crippen molar-refractivity contribution in [3.63, 3.8) is 0 Å². The minimum Gasteiger partial charge on any atom is -0.456 e. The number of hydrogen-bond acceptors (Lipinski definition) is 10. The van der Waals surface area contributed by atoms with E-state index >= 15 is 0 Å². The SMILES string of the molecule is CCCCOC(=O)NCC(C)CC(=O)OC1C(CO)OC(n2ccc(N)nc2=O)C1(C)O. The van der Waals surface area contributed by atoms with Crippen molar-refractivity contribution in [2.45, 2.75) is 64.1 Å². The third kappa shape index (κ3) is 6.40. The van der Waals surface area contributed by atoms with E-state index in [1.165, 1.54) is 19.2 Å². The van der Waals surface area contributed by atoms with Crippen LogP contribution in [0.1, 0.15) is 46.3 Å². The van der Waals surface area contributed by atoms with Gasteiger partial charge in [0.2, 0.25) is 0 Å². The van der Waals surface area contributed by atoms with Gasteiger partial charge in [0.15, 0.2) is 12.3 Å². The summed E-state index contributed by atoms with van der Waals surface area (Å²) >= 11 is 0. The lowest BCUT2D eigenvalue weighted by atomic mass is 9.96. The third-order valence-corrected chi connectivity index (χ3v) is 5.10. The number of carbonyl (C=O) groups is 2. The van der Waals surface area contributed by atoms with Gasteiger partial charge in [0.05, 0.1) is 13.2 Å². The van der Waals surface area contributed by atoms with Crippen LogP contribution in [0.25, 0.3) is 0 Å². The summed E-state index contributed by atoms with van der Waals surface area (Å²) in [5.74, 6) is -0.933. The molecule has 1 amide bonds. The number of nitrogens with two attached hydrogens (primary N) is 1. The molecular formula is C20H32N4O8. The summed E-state index contributed by atoms with van der Waals surface area (Å²) in [5, 5.41) is 23.3. The van der Waals surface area contributed by atoms with Gasteiger partial charge in [0.25, 0.3) is 0 Å². The van der Waals surface area contributed by atoms with E-state index in [0.29, 0.717) is 6.61 Å². The normalized spacial score (nSPS) is 25.8. The topological polar surface area (TPSA) is 175 Å². The molecule has 0 radical (unpaired) electrons. The van der Waals surface area contributed by atoms with Gasteiger partial charge < -0.3 is 35.5 Å². The number of amides is 1. The minimum absolute atomic E-state index is 0.00224. The predicted octanol–water partition coefficient (Wildman–Crippen LogP) is -0.0695. The van der Waals surface area contributed by atoms with E-state index in [-0.39, 0.29) is 24.7 Å². The zero-order chi connectivity index (χ0) is 23.9. The summed E-state index contributed by atoms with van der Waals surface area (Å²) in [6.07, 6.45) is -1.21. The minimum atomic E-state index is -1.84. The summed E-state index contributed by atoms with van der Waals surface area (Å²) in [4.78, 5) is 39.8. The molecule has 5 N–H and O–H groups in total. The van der Waals surface area contributed by atoms with E-state index in [0.717, 1.165) is 17.4 Å². The lowest BCUT2D eigenvalue weighted by molar-refractivity contribution is -0.165. The molecule has 2 rings (SSSR count). The maximum atomic E-state index is 12.5. The van der Waals surface area contributed by atoms with Crippen LogP contribution in [0, 0.1) is 5.92 Å². The Labute approximate surface area is 185 Å². The number of nitrogens with zero attached hydrogens (tertiary/aromatic N) is 2. The Balaban J connectivity index is 1.97. The molecule has 12 nitrogen and oxygen atoms in total. The highest BCUT2D eigenvalue weighted by atomic mass is 16.6. The number of anilines is 1. The fraction of sp³-hybridized carbons (Fsp3) is 0.700. The van der Waals surface area contributed by atoms with Gasteiger partial charge in [-0.3, -0.25) is 9.36 Å². The van der Waals surface area contributed by atoms with Crippen molar-refractivity contribution in [3.8, 4) is 0 Å². The lowest BCUT2D eigenvalue weighted by Crippen LogP contribution is -2.48. The number of esters is 1. The van der Waals surface area contributed by atoms with Crippen LogP contribution in [0.15, 0.2) is 17.1 Å². The molecule has 32 heavy (non-hydrogen) atoms. The second-order valence-corrected chi connectivity index (χ2v) is 8.07. The van der Waals surface area contributed by atoms with E-state index in [4.69, 9.17) is 19.9 Å². The molecule has 2 heterocycles. The number of hydrogen-bond donors (Lipinski definition) is 4. The van der Waals surface area contributed by atoms with Crippen molar-refractivity contribution in [3.05, 3.63) is 22.7 Å². The Morgan fingerprint density at radius 1 is 1.47 bits per heavy atom.